The van der Waals surface area contributed by atoms with Crippen LogP contribution in [-0.2, 0) is 16.6 Å². The van der Waals surface area contributed by atoms with Crippen molar-refractivity contribution in [3.8, 4) is 0 Å². The van der Waals surface area contributed by atoms with Crippen LogP contribution in [0.3, 0.4) is 0 Å². The molecule has 2 amide bonds. The number of benzene rings is 3. The van der Waals surface area contributed by atoms with Crippen LogP contribution in [0.25, 0.3) is 0 Å². The highest BCUT2D eigenvalue weighted by Gasteiger charge is 2.19. The second-order valence-corrected chi connectivity index (χ2v) is 9.51. The van der Waals surface area contributed by atoms with Gasteiger partial charge in [0.05, 0.1) is 29.7 Å². The van der Waals surface area contributed by atoms with Crippen molar-refractivity contribution in [2.75, 3.05) is 15.9 Å². The van der Waals surface area contributed by atoms with E-state index in [9.17, 15) is 18.0 Å². The van der Waals surface area contributed by atoms with Crippen molar-refractivity contribution in [2.24, 2.45) is 5.73 Å². The Balaban J connectivity index is 1.80. The average molecular weight is 452 g/mol. The number of nitrogens with zero attached hydrogens (tertiary/aromatic N) is 1. The maximum Gasteiger partial charge on any atom is 0.255 e. The van der Waals surface area contributed by atoms with Gasteiger partial charge >= 0.3 is 0 Å². The summed E-state index contributed by atoms with van der Waals surface area (Å²) >= 11 is 0. The number of carbonyl (C=O) groups is 2. The molecule has 3 rings (SSSR count). The summed E-state index contributed by atoms with van der Waals surface area (Å²) in [5, 5.41) is 2.68. The molecule has 0 aliphatic heterocycles. The highest BCUT2D eigenvalue weighted by molar-refractivity contribution is 7.92. The molecule has 0 aliphatic carbocycles. The molecule has 0 bridgehead atoms. The van der Waals surface area contributed by atoms with Gasteiger partial charge in [0, 0.05) is 5.56 Å². The van der Waals surface area contributed by atoms with Gasteiger partial charge in [0.25, 0.3) is 11.8 Å². The SMILES string of the molecule is Cc1ccc(N(Cc2ccc(C(=O)Nc3ccccc3C(N)=O)cc2)S(C)(=O)=O)cc1C. The first kappa shape index (κ1) is 23.0. The summed E-state index contributed by atoms with van der Waals surface area (Å²) in [4.78, 5) is 24.1. The molecule has 3 aromatic carbocycles. The summed E-state index contributed by atoms with van der Waals surface area (Å²) in [5.74, 6) is -1.04. The third kappa shape index (κ3) is 5.33. The normalized spacial score (nSPS) is 11.1. The quantitative estimate of drug-likeness (QED) is 0.572. The molecule has 166 valence electrons. The van der Waals surface area contributed by atoms with Crippen LogP contribution >= 0.6 is 0 Å². The van der Waals surface area contributed by atoms with Crippen LogP contribution in [-0.4, -0.2) is 26.5 Å². The van der Waals surface area contributed by atoms with E-state index in [4.69, 9.17) is 5.73 Å². The highest BCUT2D eigenvalue weighted by atomic mass is 32.2. The van der Waals surface area contributed by atoms with Crippen molar-refractivity contribution in [3.05, 3.63) is 94.5 Å². The van der Waals surface area contributed by atoms with Crippen molar-refractivity contribution < 1.29 is 18.0 Å². The Labute approximate surface area is 187 Å². The van der Waals surface area contributed by atoms with Gasteiger partial charge in [0.15, 0.2) is 0 Å². The second kappa shape index (κ2) is 9.23. The Morgan fingerprint density at radius 1 is 0.938 bits per heavy atom. The number of aryl methyl sites for hydroxylation is 2. The molecule has 0 heterocycles. The lowest BCUT2D eigenvalue weighted by atomic mass is 10.1. The minimum Gasteiger partial charge on any atom is -0.366 e. The van der Waals surface area contributed by atoms with Gasteiger partial charge in [-0.15, -0.1) is 0 Å². The van der Waals surface area contributed by atoms with Crippen LogP contribution in [0.1, 0.15) is 37.4 Å². The number of sulfonamides is 1. The molecule has 0 aliphatic rings. The fraction of sp³-hybridized carbons (Fsp3) is 0.167. The third-order valence-corrected chi connectivity index (χ3v) is 6.30. The van der Waals surface area contributed by atoms with Gasteiger partial charge in [-0.05, 0) is 66.9 Å². The Morgan fingerprint density at radius 2 is 1.59 bits per heavy atom. The molecule has 0 fully saturated rings. The molecule has 0 radical (unpaired) electrons. The van der Waals surface area contributed by atoms with Crippen molar-refractivity contribution in [3.63, 3.8) is 0 Å². The molecule has 0 saturated carbocycles. The van der Waals surface area contributed by atoms with Crippen LogP contribution in [0.5, 0.6) is 0 Å². The maximum atomic E-state index is 12.6. The molecule has 7 nitrogen and oxygen atoms in total. The van der Waals surface area contributed by atoms with E-state index in [-0.39, 0.29) is 12.1 Å². The Kier molecular flexibility index (Phi) is 6.64. The van der Waals surface area contributed by atoms with Crippen LogP contribution < -0.4 is 15.4 Å². The highest BCUT2D eigenvalue weighted by Crippen LogP contribution is 2.24. The number of carbonyl (C=O) groups excluding carboxylic acids is 2. The van der Waals surface area contributed by atoms with Gasteiger partial charge in [-0.2, -0.15) is 0 Å². The first-order valence-corrected chi connectivity index (χ1v) is 11.7. The van der Waals surface area contributed by atoms with Gasteiger partial charge in [-0.1, -0.05) is 30.3 Å². The molecule has 0 atom stereocenters. The monoisotopic (exact) mass is 451 g/mol. The topological polar surface area (TPSA) is 110 Å². The first-order valence-electron chi connectivity index (χ1n) is 9.90. The molecular formula is C24H25N3O4S. The number of hydrogen-bond donors (Lipinski definition) is 2. The lowest BCUT2D eigenvalue weighted by molar-refractivity contribution is 0.100. The van der Waals surface area contributed by atoms with Crippen LogP contribution in [0.4, 0.5) is 11.4 Å². The van der Waals surface area contributed by atoms with E-state index in [0.29, 0.717) is 16.9 Å². The zero-order chi connectivity index (χ0) is 23.5. The summed E-state index contributed by atoms with van der Waals surface area (Å²) in [6, 6.07) is 18.6. The summed E-state index contributed by atoms with van der Waals surface area (Å²) in [6.07, 6.45) is 1.17. The number of rotatable bonds is 7. The summed E-state index contributed by atoms with van der Waals surface area (Å²) in [6.45, 7) is 4.03. The minimum absolute atomic E-state index is 0.133. The molecule has 0 saturated heterocycles. The van der Waals surface area contributed by atoms with E-state index in [1.54, 1.807) is 48.5 Å². The second-order valence-electron chi connectivity index (χ2n) is 7.60. The molecule has 3 aromatic rings. The number of nitrogens with one attached hydrogen (secondary N) is 1. The summed E-state index contributed by atoms with van der Waals surface area (Å²) in [5.41, 5.74) is 9.65. The predicted octanol–water partition coefficient (Wildman–Crippen LogP) is 3.62. The van der Waals surface area contributed by atoms with Crippen LogP contribution in [0, 0.1) is 13.8 Å². The summed E-state index contributed by atoms with van der Waals surface area (Å²) < 4.78 is 26.2. The fourth-order valence-electron chi connectivity index (χ4n) is 3.21. The first-order chi connectivity index (χ1) is 15.1. The van der Waals surface area contributed by atoms with Crippen LogP contribution in [0.2, 0.25) is 0 Å². The number of amides is 2. The van der Waals surface area contributed by atoms with Gasteiger partial charge in [-0.25, -0.2) is 8.42 Å². The van der Waals surface area contributed by atoms with E-state index in [0.717, 1.165) is 16.7 Å². The van der Waals surface area contributed by atoms with Gasteiger partial charge < -0.3 is 11.1 Å². The smallest absolute Gasteiger partial charge is 0.255 e. The fourth-order valence-corrected chi connectivity index (χ4v) is 4.09. The number of nitrogens with two attached hydrogens (primary N) is 1. The zero-order valence-corrected chi connectivity index (χ0v) is 18.9. The van der Waals surface area contributed by atoms with E-state index in [1.807, 2.05) is 26.0 Å². The van der Waals surface area contributed by atoms with Crippen molar-refractivity contribution >= 4 is 33.2 Å². The largest absolute Gasteiger partial charge is 0.366 e. The van der Waals surface area contributed by atoms with Crippen molar-refractivity contribution in [2.45, 2.75) is 20.4 Å². The Hall–Kier alpha value is -3.65. The van der Waals surface area contributed by atoms with Crippen molar-refractivity contribution in [1.82, 2.24) is 0 Å². The van der Waals surface area contributed by atoms with E-state index in [1.165, 1.54) is 16.6 Å². The third-order valence-electron chi connectivity index (χ3n) is 5.16. The summed E-state index contributed by atoms with van der Waals surface area (Å²) in [7, 11) is -3.52. The predicted molar refractivity (Wildman–Crippen MR) is 126 cm³/mol. The van der Waals surface area contributed by atoms with Gasteiger partial charge in [-0.3, -0.25) is 13.9 Å². The van der Waals surface area contributed by atoms with E-state index < -0.39 is 21.8 Å². The minimum atomic E-state index is -3.52. The van der Waals surface area contributed by atoms with Gasteiger partial charge in [0.2, 0.25) is 10.0 Å². The zero-order valence-electron chi connectivity index (χ0n) is 18.1. The van der Waals surface area contributed by atoms with E-state index >= 15 is 0 Å². The molecule has 0 spiro atoms. The maximum absolute atomic E-state index is 12.6. The average Bonchev–Trinajstić information content (AvgIpc) is 2.74. The molecule has 0 aromatic heterocycles. The molecular weight excluding hydrogens is 426 g/mol. The molecule has 32 heavy (non-hydrogen) atoms. The number of anilines is 2. The number of hydrogen-bond acceptors (Lipinski definition) is 4. The lowest BCUT2D eigenvalue weighted by Crippen LogP contribution is -2.29. The molecule has 0 unspecified atom stereocenters. The number of primary amides is 1. The Bertz CT molecular complexity index is 1270. The van der Waals surface area contributed by atoms with E-state index in [2.05, 4.69) is 5.32 Å². The molecule has 8 heteroatoms. The molecule has 3 N–H and O–H groups in total. The van der Waals surface area contributed by atoms with Crippen molar-refractivity contribution in [1.29, 1.82) is 0 Å². The van der Waals surface area contributed by atoms with Gasteiger partial charge in [0.1, 0.15) is 0 Å². The Morgan fingerprint density at radius 3 is 2.19 bits per heavy atom. The number of para-hydroxylation sites is 1. The lowest BCUT2D eigenvalue weighted by Gasteiger charge is -2.23. The van der Waals surface area contributed by atoms with Crippen LogP contribution in [0.15, 0.2) is 66.7 Å². The standard InChI is InChI=1S/C24H25N3O4S/c1-16-8-13-20(14-17(16)2)27(32(3,30)31)15-18-9-11-19(12-10-18)24(29)26-22-7-5-4-6-21(22)23(25)28/h4-14H,15H2,1-3H3,(H2,25,28)(H,26,29).